The topological polar surface area (TPSA) is 151 Å². The van der Waals surface area contributed by atoms with Crippen LogP contribution >= 0.6 is 0 Å². The molecular formula is C7H12O9S. The van der Waals surface area contributed by atoms with Gasteiger partial charge in [-0.15, -0.1) is 0 Å². The minimum absolute atomic E-state index is 0.663. The minimum Gasteiger partial charge on any atom is -0.479 e. The zero-order chi connectivity index (χ0) is 13.4. The number of carboxylic acid groups (broad SMARTS) is 1. The number of carbonyl (C=O) groups is 1. The fourth-order valence-electron chi connectivity index (χ4n) is 1.30. The molecule has 0 bridgehead atoms. The van der Waals surface area contributed by atoms with Crippen LogP contribution in [0.5, 0.6) is 0 Å². The summed E-state index contributed by atoms with van der Waals surface area (Å²) in [7, 11) is -4.02. The SMILES string of the molecule is CS(=O)(=O)OC1O[C@H](C(=O)O)[C@@H](O)[C@H](O)[C@H]1O. The maximum Gasteiger partial charge on any atom is 0.335 e. The molecule has 0 saturated carbocycles. The van der Waals surface area contributed by atoms with Gasteiger partial charge in [0.15, 0.2) is 6.10 Å². The molecule has 0 aromatic rings. The van der Waals surface area contributed by atoms with Crippen molar-refractivity contribution in [2.24, 2.45) is 0 Å². The third-order valence-electron chi connectivity index (χ3n) is 2.08. The Labute approximate surface area is 96.3 Å². The molecule has 1 unspecified atom stereocenters. The summed E-state index contributed by atoms with van der Waals surface area (Å²) in [6, 6.07) is 0. The Bertz CT molecular complexity index is 390. The Balaban J connectivity index is 2.89. The molecule has 0 aromatic carbocycles. The lowest BCUT2D eigenvalue weighted by atomic mass is 9.99. The zero-order valence-corrected chi connectivity index (χ0v) is 9.44. The lowest BCUT2D eigenvalue weighted by Crippen LogP contribution is -2.60. The van der Waals surface area contributed by atoms with Crippen molar-refractivity contribution in [1.29, 1.82) is 0 Å². The number of aliphatic carboxylic acids is 1. The van der Waals surface area contributed by atoms with E-state index in [9.17, 15) is 28.5 Å². The molecule has 1 fully saturated rings. The zero-order valence-electron chi connectivity index (χ0n) is 8.63. The highest BCUT2D eigenvalue weighted by Crippen LogP contribution is 2.23. The summed E-state index contributed by atoms with van der Waals surface area (Å²) >= 11 is 0. The third kappa shape index (κ3) is 3.34. The Morgan fingerprint density at radius 2 is 1.71 bits per heavy atom. The molecule has 0 aliphatic carbocycles. The normalized spacial score (nSPS) is 38.9. The molecule has 10 heteroatoms. The van der Waals surface area contributed by atoms with Crippen molar-refractivity contribution >= 4 is 16.1 Å². The maximum absolute atomic E-state index is 10.8. The summed E-state index contributed by atoms with van der Waals surface area (Å²) in [6.07, 6.45) is -8.77. The van der Waals surface area contributed by atoms with Gasteiger partial charge in [0.1, 0.15) is 18.3 Å². The molecule has 4 N–H and O–H groups in total. The minimum atomic E-state index is -4.02. The van der Waals surface area contributed by atoms with E-state index in [1.54, 1.807) is 0 Å². The van der Waals surface area contributed by atoms with Crippen LogP contribution in [0.3, 0.4) is 0 Å². The Morgan fingerprint density at radius 1 is 1.18 bits per heavy atom. The highest BCUT2D eigenvalue weighted by atomic mass is 32.2. The first-order valence-electron chi connectivity index (χ1n) is 4.44. The van der Waals surface area contributed by atoms with Crippen LogP contribution < -0.4 is 0 Å². The van der Waals surface area contributed by atoms with Gasteiger partial charge in [-0.2, -0.15) is 8.42 Å². The van der Waals surface area contributed by atoms with Crippen LogP contribution in [-0.4, -0.2) is 71.8 Å². The van der Waals surface area contributed by atoms with Crippen LogP contribution in [0.4, 0.5) is 0 Å². The average molecular weight is 272 g/mol. The second kappa shape index (κ2) is 4.84. The predicted octanol–water partition coefficient (Wildman–Crippen LogP) is -3.15. The summed E-state index contributed by atoms with van der Waals surface area (Å²) in [6.45, 7) is 0. The van der Waals surface area contributed by atoms with Gasteiger partial charge < -0.3 is 25.2 Å². The lowest BCUT2D eigenvalue weighted by molar-refractivity contribution is -0.270. The van der Waals surface area contributed by atoms with E-state index in [0.717, 1.165) is 0 Å². The molecule has 0 radical (unpaired) electrons. The molecule has 0 amide bonds. The van der Waals surface area contributed by atoms with Gasteiger partial charge in [0.25, 0.3) is 10.1 Å². The van der Waals surface area contributed by atoms with Gasteiger partial charge in [-0.25, -0.2) is 8.98 Å². The van der Waals surface area contributed by atoms with E-state index in [0.29, 0.717) is 6.26 Å². The van der Waals surface area contributed by atoms with Crippen LogP contribution in [0, 0.1) is 0 Å². The van der Waals surface area contributed by atoms with Gasteiger partial charge in [-0.1, -0.05) is 0 Å². The summed E-state index contributed by atoms with van der Waals surface area (Å²) in [4.78, 5) is 10.6. The molecule has 1 aliphatic rings. The lowest BCUT2D eigenvalue weighted by Gasteiger charge is -2.37. The van der Waals surface area contributed by atoms with E-state index in [2.05, 4.69) is 8.92 Å². The van der Waals surface area contributed by atoms with Gasteiger partial charge in [0.05, 0.1) is 6.26 Å². The van der Waals surface area contributed by atoms with Crippen molar-refractivity contribution in [3.63, 3.8) is 0 Å². The maximum atomic E-state index is 10.8. The monoisotopic (exact) mass is 272 g/mol. The van der Waals surface area contributed by atoms with Gasteiger partial charge in [-0.05, 0) is 0 Å². The van der Waals surface area contributed by atoms with Crippen LogP contribution in [0.2, 0.25) is 0 Å². The van der Waals surface area contributed by atoms with E-state index >= 15 is 0 Å². The number of rotatable bonds is 3. The van der Waals surface area contributed by atoms with Crippen LogP contribution in [0.15, 0.2) is 0 Å². The Hall–Kier alpha value is -0.780. The number of hydrogen-bond donors (Lipinski definition) is 4. The van der Waals surface area contributed by atoms with Gasteiger partial charge >= 0.3 is 5.97 Å². The summed E-state index contributed by atoms with van der Waals surface area (Å²) in [5, 5.41) is 36.6. The molecule has 9 nitrogen and oxygen atoms in total. The molecule has 1 rings (SSSR count). The van der Waals surface area contributed by atoms with E-state index in [-0.39, 0.29) is 0 Å². The first kappa shape index (κ1) is 14.3. The first-order chi connectivity index (χ1) is 7.63. The van der Waals surface area contributed by atoms with E-state index in [1.165, 1.54) is 0 Å². The van der Waals surface area contributed by atoms with Crippen LogP contribution in [-0.2, 0) is 23.8 Å². The highest BCUT2D eigenvalue weighted by Gasteiger charge is 2.48. The van der Waals surface area contributed by atoms with E-state index in [4.69, 9.17) is 5.11 Å². The molecule has 5 atom stereocenters. The molecule has 17 heavy (non-hydrogen) atoms. The van der Waals surface area contributed by atoms with Gasteiger partial charge in [0, 0.05) is 0 Å². The molecule has 100 valence electrons. The second-order valence-corrected chi connectivity index (χ2v) is 5.14. The summed E-state index contributed by atoms with van der Waals surface area (Å²) in [5.41, 5.74) is 0. The molecular weight excluding hydrogens is 260 g/mol. The third-order valence-corrected chi connectivity index (χ3v) is 2.62. The van der Waals surface area contributed by atoms with E-state index in [1.807, 2.05) is 0 Å². The largest absolute Gasteiger partial charge is 0.479 e. The standard InChI is InChI=1S/C7H12O9S/c1-17(13,14)16-7-4(10)2(8)3(9)5(15-7)6(11)12/h2-5,7-10H,1H3,(H,11,12)/t2-,3-,4+,5-,7?/m0/s1. The van der Waals surface area contributed by atoms with Crippen molar-refractivity contribution in [2.75, 3.05) is 6.26 Å². The summed E-state index contributed by atoms with van der Waals surface area (Å²) < 4.78 is 30.4. The fourth-order valence-corrected chi connectivity index (χ4v) is 1.81. The van der Waals surface area contributed by atoms with Crippen molar-refractivity contribution < 1.29 is 42.6 Å². The number of carboxylic acids is 1. The van der Waals surface area contributed by atoms with Crippen molar-refractivity contribution in [3.05, 3.63) is 0 Å². The molecule has 1 heterocycles. The summed E-state index contributed by atoms with van der Waals surface area (Å²) in [5.74, 6) is -1.62. The fraction of sp³-hybridized carbons (Fsp3) is 0.857. The second-order valence-electron chi connectivity index (χ2n) is 3.54. The predicted molar refractivity (Wildman–Crippen MR) is 50.2 cm³/mol. The Morgan fingerprint density at radius 3 is 2.12 bits per heavy atom. The average Bonchev–Trinajstić information content (AvgIpc) is 2.16. The first-order valence-corrected chi connectivity index (χ1v) is 6.26. The molecule has 0 aromatic heterocycles. The van der Waals surface area contributed by atoms with Crippen molar-refractivity contribution in [1.82, 2.24) is 0 Å². The molecule has 0 spiro atoms. The molecule has 1 saturated heterocycles. The smallest absolute Gasteiger partial charge is 0.335 e. The van der Waals surface area contributed by atoms with Crippen LogP contribution in [0.25, 0.3) is 0 Å². The number of hydrogen-bond acceptors (Lipinski definition) is 8. The van der Waals surface area contributed by atoms with Gasteiger partial charge in [-0.3, -0.25) is 0 Å². The van der Waals surface area contributed by atoms with E-state index < -0.39 is 46.8 Å². The number of aliphatic hydroxyl groups is 3. The molecule has 1 aliphatic heterocycles. The quantitative estimate of drug-likeness (QED) is 0.390. The van der Waals surface area contributed by atoms with Gasteiger partial charge in [0.2, 0.25) is 6.29 Å². The highest BCUT2D eigenvalue weighted by molar-refractivity contribution is 7.86. The van der Waals surface area contributed by atoms with Crippen LogP contribution in [0.1, 0.15) is 0 Å². The Kier molecular flexibility index (Phi) is 4.06. The van der Waals surface area contributed by atoms with Crippen molar-refractivity contribution in [2.45, 2.75) is 30.7 Å². The number of aliphatic hydroxyl groups excluding tert-OH is 3. The number of ether oxygens (including phenoxy) is 1. The van der Waals surface area contributed by atoms with Crippen molar-refractivity contribution in [3.8, 4) is 0 Å².